The molecule has 1 heterocycles. The van der Waals surface area contributed by atoms with Gasteiger partial charge in [0.25, 0.3) is 15.9 Å². The first kappa shape index (κ1) is 24.1. The lowest BCUT2D eigenvalue weighted by atomic mass is 10.0. The molecule has 0 unspecified atom stereocenters. The second-order valence-corrected chi connectivity index (χ2v) is 9.98. The van der Waals surface area contributed by atoms with E-state index in [0.29, 0.717) is 31.1 Å². The van der Waals surface area contributed by atoms with E-state index in [1.54, 1.807) is 42.3 Å². The number of halogens is 3. The maximum absolute atomic E-state index is 14.5. The van der Waals surface area contributed by atoms with E-state index in [-0.39, 0.29) is 27.1 Å². The molecule has 1 amide bonds. The first-order chi connectivity index (χ1) is 16.2. The third-order valence-corrected chi connectivity index (χ3v) is 7.14. The zero-order valence-electron chi connectivity index (χ0n) is 18.1. The van der Waals surface area contributed by atoms with Crippen LogP contribution in [0.1, 0.15) is 16.8 Å². The van der Waals surface area contributed by atoms with Gasteiger partial charge in [0.05, 0.1) is 16.7 Å². The van der Waals surface area contributed by atoms with Gasteiger partial charge in [0, 0.05) is 42.4 Å². The van der Waals surface area contributed by atoms with Crippen LogP contribution in [0.25, 0.3) is 11.1 Å². The van der Waals surface area contributed by atoms with E-state index in [1.807, 2.05) is 0 Å². The zero-order chi connectivity index (χ0) is 24.5. The summed E-state index contributed by atoms with van der Waals surface area (Å²) in [5.74, 6) is -2.30. The summed E-state index contributed by atoms with van der Waals surface area (Å²) in [6.07, 6.45) is 0.580. The molecule has 0 bridgehead atoms. The Labute approximate surface area is 201 Å². The molecule has 0 aliphatic carbocycles. The van der Waals surface area contributed by atoms with Gasteiger partial charge in [-0.15, -0.1) is 0 Å². The number of rotatable bonds is 6. The molecular formula is C24H21ClF2N2O4S. The summed E-state index contributed by atoms with van der Waals surface area (Å²) in [6.45, 7) is 0.846. The number of nitrogens with zero attached hydrogens (tertiary/aromatic N) is 1. The van der Waals surface area contributed by atoms with Gasteiger partial charge in [-0.25, -0.2) is 17.2 Å². The molecule has 6 nitrogen and oxygen atoms in total. The summed E-state index contributed by atoms with van der Waals surface area (Å²) in [5, 5.41) is 0.0262. The van der Waals surface area contributed by atoms with Crippen molar-refractivity contribution in [2.75, 3.05) is 24.9 Å². The minimum atomic E-state index is -4.36. The summed E-state index contributed by atoms with van der Waals surface area (Å²) in [5.41, 5.74) is 0.129. The van der Waals surface area contributed by atoms with Crippen molar-refractivity contribution in [2.45, 2.75) is 17.4 Å². The van der Waals surface area contributed by atoms with Gasteiger partial charge >= 0.3 is 0 Å². The predicted molar refractivity (Wildman–Crippen MR) is 125 cm³/mol. The van der Waals surface area contributed by atoms with Crippen LogP contribution in [0, 0.1) is 11.6 Å². The van der Waals surface area contributed by atoms with E-state index < -0.39 is 33.3 Å². The molecule has 10 heteroatoms. The second kappa shape index (κ2) is 9.69. The molecule has 3 aromatic carbocycles. The summed E-state index contributed by atoms with van der Waals surface area (Å²) >= 11 is 6.11. The zero-order valence-corrected chi connectivity index (χ0v) is 19.7. The number of ether oxygens (including phenoxy) is 1. The third-order valence-electron chi connectivity index (χ3n) is 5.58. The summed E-state index contributed by atoms with van der Waals surface area (Å²) in [7, 11) is -2.80. The number of carbonyl (C=O) groups is 1. The van der Waals surface area contributed by atoms with E-state index in [1.165, 1.54) is 12.1 Å². The van der Waals surface area contributed by atoms with Crippen molar-refractivity contribution in [2.24, 2.45) is 0 Å². The fourth-order valence-corrected chi connectivity index (χ4v) is 5.23. The number of benzene rings is 3. The van der Waals surface area contributed by atoms with Crippen molar-refractivity contribution in [3.63, 3.8) is 0 Å². The molecule has 1 aliphatic heterocycles. The van der Waals surface area contributed by atoms with E-state index in [9.17, 15) is 22.0 Å². The quantitative estimate of drug-likeness (QED) is 0.513. The van der Waals surface area contributed by atoms with Crippen LogP contribution in [-0.4, -0.2) is 45.5 Å². The minimum absolute atomic E-state index is 0.0262. The van der Waals surface area contributed by atoms with Gasteiger partial charge in [-0.1, -0.05) is 41.9 Å². The molecule has 1 saturated heterocycles. The minimum Gasteiger partial charge on any atom is -0.380 e. The number of methoxy groups -OCH3 is 1. The van der Waals surface area contributed by atoms with Crippen molar-refractivity contribution < 1.29 is 26.7 Å². The van der Waals surface area contributed by atoms with Gasteiger partial charge in [-0.3, -0.25) is 9.52 Å². The standard InChI is InChI=1S/C24H21ClF2N2O4S/c1-33-18-7-8-29(14-18)24(30)16-9-17(25)11-19(10-16)34(31,32)28-23-12-20(21(26)13-22(23)27)15-5-3-2-4-6-15/h2-6,9-13,18,28H,7-8,14H2,1H3/t18-/m1/s1. The van der Waals surface area contributed by atoms with E-state index >= 15 is 0 Å². The van der Waals surface area contributed by atoms with E-state index in [2.05, 4.69) is 4.72 Å². The average Bonchev–Trinajstić information content (AvgIpc) is 3.30. The summed E-state index contributed by atoms with van der Waals surface area (Å²) in [4.78, 5) is 14.1. The highest BCUT2D eigenvalue weighted by atomic mass is 35.5. The molecule has 0 radical (unpaired) electrons. The number of sulfonamides is 1. The Bertz CT molecular complexity index is 1340. The molecule has 0 spiro atoms. The first-order valence-corrected chi connectivity index (χ1v) is 12.2. The number of nitrogens with one attached hydrogen (secondary N) is 1. The predicted octanol–water partition coefficient (Wildman–Crippen LogP) is 4.95. The van der Waals surface area contributed by atoms with Crippen molar-refractivity contribution in [1.29, 1.82) is 0 Å². The Hall–Kier alpha value is -3.01. The maximum Gasteiger partial charge on any atom is 0.262 e. The smallest absolute Gasteiger partial charge is 0.262 e. The van der Waals surface area contributed by atoms with Gasteiger partial charge in [0.15, 0.2) is 0 Å². The molecule has 1 fully saturated rings. The van der Waals surface area contributed by atoms with Crippen LogP contribution >= 0.6 is 11.6 Å². The topological polar surface area (TPSA) is 75.7 Å². The molecule has 1 aliphatic rings. The van der Waals surface area contributed by atoms with Gasteiger partial charge in [-0.2, -0.15) is 0 Å². The van der Waals surface area contributed by atoms with Crippen LogP contribution in [0.15, 0.2) is 65.6 Å². The number of anilines is 1. The molecular weight excluding hydrogens is 486 g/mol. The Morgan fingerprint density at radius 3 is 2.50 bits per heavy atom. The Morgan fingerprint density at radius 1 is 1.09 bits per heavy atom. The molecule has 3 aromatic rings. The van der Waals surface area contributed by atoms with Crippen LogP contribution in [0.5, 0.6) is 0 Å². The number of amides is 1. The summed E-state index contributed by atoms with van der Waals surface area (Å²) in [6, 6.07) is 13.8. The molecule has 178 valence electrons. The third kappa shape index (κ3) is 5.06. The lowest BCUT2D eigenvalue weighted by molar-refractivity contribution is 0.0724. The van der Waals surface area contributed by atoms with Crippen molar-refractivity contribution >= 4 is 33.2 Å². The van der Waals surface area contributed by atoms with Gasteiger partial charge < -0.3 is 9.64 Å². The number of hydrogen-bond donors (Lipinski definition) is 1. The largest absolute Gasteiger partial charge is 0.380 e. The summed E-state index contributed by atoms with van der Waals surface area (Å²) < 4.78 is 62.4. The number of hydrogen-bond acceptors (Lipinski definition) is 4. The van der Waals surface area contributed by atoms with Crippen molar-refractivity contribution in [3.8, 4) is 11.1 Å². The maximum atomic E-state index is 14.5. The first-order valence-electron chi connectivity index (χ1n) is 10.4. The van der Waals surface area contributed by atoms with E-state index in [4.69, 9.17) is 16.3 Å². The average molecular weight is 507 g/mol. The lowest BCUT2D eigenvalue weighted by Crippen LogP contribution is -2.30. The number of likely N-dealkylation sites (tertiary alicyclic amines) is 1. The Balaban J connectivity index is 1.65. The molecule has 4 rings (SSSR count). The van der Waals surface area contributed by atoms with Gasteiger partial charge in [0.2, 0.25) is 0 Å². The number of carbonyl (C=O) groups excluding carboxylic acids is 1. The van der Waals surface area contributed by atoms with Crippen LogP contribution in [-0.2, 0) is 14.8 Å². The van der Waals surface area contributed by atoms with Crippen LogP contribution in [0.3, 0.4) is 0 Å². The van der Waals surface area contributed by atoms with Crippen LogP contribution in [0.4, 0.5) is 14.5 Å². The molecule has 0 saturated carbocycles. The lowest BCUT2D eigenvalue weighted by Gasteiger charge is -2.17. The Morgan fingerprint density at radius 2 is 1.82 bits per heavy atom. The monoisotopic (exact) mass is 506 g/mol. The molecule has 34 heavy (non-hydrogen) atoms. The Kier molecular flexibility index (Phi) is 6.88. The highest BCUT2D eigenvalue weighted by molar-refractivity contribution is 7.92. The SMILES string of the molecule is CO[C@@H]1CCN(C(=O)c2cc(Cl)cc(S(=O)(=O)Nc3cc(-c4ccccc4)c(F)cc3F)c2)C1. The van der Waals surface area contributed by atoms with Crippen molar-refractivity contribution in [3.05, 3.63) is 82.9 Å². The fourth-order valence-electron chi connectivity index (χ4n) is 3.80. The van der Waals surface area contributed by atoms with Gasteiger partial charge in [-0.05, 0) is 36.2 Å². The highest BCUT2D eigenvalue weighted by Gasteiger charge is 2.28. The van der Waals surface area contributed by atoms with E-state index in [0.717, 1.165) is 12.1 Å². The second-order valence-electron chi connectivity index (χ2n) is 7.86. The highest BCUT2D eigenvalue weighted by Crippen LogP contribution is 2.30. The van der Waals surface area contributed by atoms with Gasteiger partial charge in [0.1, 0.15) is 11.6 Å². The van der Waals surface area contributed by atoms with Crippen molar-refractivity contribution in [1.82, 2.24) is 4.90 Å². The van der Waals surface area contributed by atoms with Crippen LogP contribution in [0.2, 0.25) is 5.02 Å². The fraction of sp³-hybridized carbons (Fsp3) is 0.208. The molecule has 1 N–H and O–H groups in total. The molecule has 0 aromatic heterocycles. The molecule has 1 atom stereocenters. The normalized spacial score (nSPS) is 16.0. The van der Waals surface area contributed by atoms with Crippen LogP contribution < -0.4 is 4.72 Å².